The zero-order valence-corrected chi connectivity index (χ0v) is 14.4. The molecule has 0 aliphatic heterocycles. The number of nitrogens with one attached hydrogen (secondary N) is 1. The Morgan fingerprint density at radius 2 is 1.86 bits per heavy atom. The van der Waals surface area contributed by atoms with E-state index in [2.05, 4.69) is 27.9 Å². The minimum atomic E-state index is -0.226. The van der Waals surface area contributed by atoms with Gasteiger partial charge in [-0.25, -0.2) is 0 Å². The lowest BCUT2D eigenvalue weighted by Crippen LogP contribution is -2.13. The maximum Gasteiger partial charge on any atom is 0.255 e. The fraction of sp³-hybridized carbons (Fsp3) is 0.133. The van der Waals surface area contributed by atoms with E-state index in [-0.39, 0.29) is 5.91 Å². The summed E-state index contributed by atoms with van der Waals surface area (Å²) >= 11 is 8.19. The van der Waals surface area contributed by atoms with E-state index in [1.165, 1.54) is 14.2 Å². The molecule has 0 aliphatic carbocycles. The molecule has 0 fully saturated rings. The Bertz CT molecular complexity index is 676. The normalized spacial score (nSPS) is 10.1. The lowest BCUT2D eigenvalue weighted by Gasteiger charge is -2.13. The van der Waals surface area contributed by atoms with Crippen LogP contribution in [0.15, 0.2) is 36.4 Å². The Balaban J connectivity index is 2.32. The van der Waals surface area contributed by atoms with Gasteiger partial charge in [0.25, 0.3) is 5.91 Å². The highest BCUT2D eigenvalue weighted by atomic mass is 127. The molecule has 21 heavy (non-hydrogen) atoms. The minimum absolute atomic E-state index is 0.226. The molecule has 0 atom stereocenters. The number of benzene rings is 2. The Hall–Kier alpha value is -1.47. The predicted molar refractivity (Wildman–Crippen MR) is 91.7 cm³/mol. The minimum Gasteiger partial charge on any atom is -0.495 e. The smallest absolute Gasteiger partial charge is 0.255 e. The molecule has 0 bridgehead atoms. The first-order valence-corrected chi connectivity index (χ1v) is 7.49. The van der Waals surface area contributed by atoms with Crippen LogP contribution in [0.4, 0.5) is 5.69 Å². The second-order valence-electron chi connectivity index (χ2n) is 4.15. The SMILES string of the molecule is COc1cc(NC(=O)c2cccc(I)c2)c(OC)cc1Cl. The highest BCUT2D eigenvalue weighted by Gasteiger charge is 2.13. The van der Waals surface area contributed by atoms with E-state index in [1.807, 2.05) is 12.1 Å². The molecular formula is C15H13ClINO3. The number of ether oxygens (including phenoxy) is 2. The van der Waals surface area contributed by atoms with Crippen molar-refractivity contribution in [2.45, 2.75) is 0 Å². The molecule has 2 aromatic rings. The number of rotatable bonds is 4. The van der Waals surface area contributed by atoms with Crippen molar-refractivity contribution in [1.29, 1.82) is 0 Å². The van der Waals surface area contributed by atoms with E-state index in [0.717, 1.165) is 3.57 Å². The van der Waals surface area contributed by atoms with Gasteiger partial charge in [0, 0.05) is 21.3 Å². The van der Waals surface area contributed by atoms with Crippen LogP contribution in [0.5, 0.6) is 11.5 Å². The molecule has 2 aromatic carbocycles. The summed E-state index contributed by atoms with van der Waals surface area (Å²) in [5.74, 6) is 0.714. The summed E-state index contributed by atoms with van der Waals surface area (Å²) in [5.41, 5.74) is 1.07. The van der Waals surface area contributed by atoms with Gasteiger partial charge in [-0.15, -0.1) is 0 Å². The third kappa shape index (κ3) is 3.79. The van der Waals surface area contributed by atoms with Gasteiger partial charge in [-0.3, -0.25) is 4.79 Å². The Morgan fingerprint density at radius 1 is 1.14 bits per heavy atom. The van der Waals surface area contributed by atoms with Gasteiger partial charge in [0.1, 0.15) is 11.5 Å². The van der Waals surface area contributed by atoms with Gasteiger partial charge in [0.15, 0.2) is 0 Å². The first-order chi connectivity index (χ1) is 10.0. The fourth-order valence-corrected chi connectivity index (χ4v) is 2.56. The zero-order valence-electron chi connectivity index (χ0n) is 11.4. The molecule has 1 amide bonds. The average Bonchev–Trinajstić information content (AvgIpc) is 2.48. The van der Waals surface area contributed by atoms with Crippen molar-refractivity contribution in [3.05, 3.63) is 50.6 Å². The summed E-state index contributed by atoms with van der Waals surface area (Å²) in [4.78, 5) is 12.3. The molecule has 0 spiro atoms. The van der Waals surface area contributed by atoms with Crippen LogP contribution in [0, 0.1) is 3.57 Å². The van der Waals surface area contributed by atoms with Crippen molar-refractivity contribution >= 4 is 45.8 Å². The standard InChI is InChI=1S/C15H13ClINO3/c1-20-13-8-12(14(21-2)7-11(13)16)18-15(19)9-4-3-5-10(17)6-9/h3-8H,1-2H3,(H,18,19). The van der Waals surface area contributed by atoms with Crippen LogP contribution in [-0.2, 0) is 0 Å². The van der Waals surface area contributed by atoms with Crippen molar-refractivity contribution in [2.75, 3.05) is 19.5 Å². The molecule has 0 unspecified atom stereocenters. The predicted octanol–water partition coefficient (Wildman–Crippen LogP) is 4.21. The number of hydrogen-bond donors (Lipinski definition) is 1. The molecule has 0 saturated carbocycles. The van der Waals surface area contributed by atoms with Gasteiger partial charge >= 0.3 is 0 Å². The number of carbonyl (C=O) groups excluding carboxylic acids is 1. The summed E-state index contributed by atoms with van der Waals surface area (Å²) in [6.07, 6.45) is 0. The van der Waals surface area contributed by atoms with Crippen molar-refractivity contribution in [3.8, 4) is 11.5 Å². The number of hydrogen-bond acceptors (Lipinski definition) is 3. The van der Waals surface area contributed by atoms with Crippen molar-refractivity contribution < 1.29 is 14.3 Å². The molecule has 0 saturated heterocycles. The van der Waals surface area contributed by atoms with Crippen molar-refractivity contribution in [2.24, 2.45) is 0 Å². The first-order valence-electron chi connectivity index (χ1n) is 6.03. The lowest BCUT2D eigenvalue weighted by molar-refractivity contribution is 0.102. The van der Waals surface area contributed by atoms with E-state index < -0.39 is 0 Å². The molecular weight excluding hydrogens is 405 g/mol. The Kier molecular flexibility index (Phi) is 5.30. The largest absolute Gasteiger partial charge is 0.495 e. The number of carbonyl (C=O) groups is 1. The maximum atomic E-state index is 12.3. The molecule has 0 aromatic heterocycles. The summed E-state index contributed by atoms with van der Waals surface area (Å²) in [6.45, 7) is 0. The van der Waals surface area contributed by atoms with Gasteiger partial charge in [0.2, 0.25) is 0 Å². The van der Waals surface area contributed by atoms with Crippen molar-refractivity contribution in [3.63, 3.8) is 0 Å². The van der Waals surface area contributed by atoms with Gasteiger partial charge < -0.3 is 14.8 Å². The van der Waals surface area contributed by atoms with Gasteiger partial charge in [-0.05, 0) is 40.8 Å². The third-order valence-corrected chi connectivity index (χ3v) is 3.78. The van der Waals surface area contributed by atoms with Crippen LogP contribution >= 0.6 is 34.2 Å². The summed E-state index contributed by atoms with van der Waals surface area (Å²) in [7, 11) is 3.03. The van der Waals surface area contributed by atoms with Crippen LogP contribution < -0.4 is 14.8 Å². The van der Waals surface area contributed by atoms with Crippen LogP contribution in [-0.4, -0.2) is 20.1 Å². The van der Waals surface area contributed by atoms with Crippen LogP contribution in [0.25, 0.3) is 0 Å². The summed E-state index contributed by atoms with van der Waals surface area (Å²) < 4.78 is 11.4. The summed E-state index contributed by atoms with van der Waals surface area (Å²) in [5, 5.41) is 3.22. The summed E-state index contributed by atoms with van der Waals surface area (Å²) in [6, 6.07) is 10.5. The fourth-order valence-electron chi connectivity index (χ4n) is 1.78. The van der Waals surface area contributed by atoms with E-state index in [1.54, 1.807) is 24.3 Å². The molecule has 6 heteroatoms. The lowest BCUT2D eigenvalue weighted by atomic mass is 10.2. The van der Waals surface area contributed by atoms with Crippen LogP contribution in [0.1, 0.15) is 10.4 Å². The molecule has 4 nitrogen and oxygen atoms in total. The number of methoxy groups -OCH3 is 2. The van der Waals surface area contributed by atoms with E-state index in [9.17, 15) is 4.79 Å². The molecule has 0 radical (unpaired) electrons. The first kappa shape index (κ1) is 15.9. The van der Waals surface area contributed by atoms with Crippen LogP contribution in [0.2, 0.25) is 5.02 Å². The average molecular weight is 418 g/mol. The molecule has 0 aliphatic rings. The van der Waals surface area contributed by atoms with Crippen molar-refractivity contribution in [1.82, 2.24) is 0 Å². The Labute approximate surface area is 141 Å². The molecule has 2 rings (SSSR count). The van der Waals surface area contributed by atoms with Crippen LogP contribution in [0.3, 0.4) is 0 Å². The van der Waals surface area contributed by atoms with E-state index >= 15 is 0 Å². The number of halogens is 2. The van der Waals surface area contributed by atoms with Gasteiger partial charge in [-0.1, -0.05) is 17.7 Å². The van der Waals surface area contributed by atoms with E-state index in [0.29, 0.717) is 27.8 Å². The molecule has 0 heterocycles. The molecule has 110 valence electrons. The monoisotopic (exact) mass is 417 g/mol. The van der Waals surface area contributed by atoms with E-state index in [4.69, 9.17) is 21.1 Å². The highest BCUT2D eigenvalue weighted by Crippen LogP contribution is 2.36. The number of anilines is 1. The maximum absolute atomic E-state index is 12.3. The topological polar surface area (TPSA) is 47.6 Å². The molecule has 1 N–H and O–H groups in total. The second-order valence-corrected chi connectivity index (χ2v) is 5.80. The zero-order chi connectivity index (χ0) is 15.4. The quantitative estimate of drug-likeness (QED) is 0.758. The van der Waals surface area contributed by atoms with Gasteiger partial charge in [-0.2, -0.15) is 0 Å². The Morgan fingerprint density at radius 3 is 2.48 bits per heavy atom. The second kappa shape index (κ2) is 7.00. The van der Waals surface area contributed by atoms with Gasteiger partial charge in [0.05, 0.1) is 24.9 Å². The highest BCUT2D eigenvalue weighted by molar-refractivity contribution is 14.1. The third-order valence-electron chi connectivity index (χ3n) is 2.81. The number of amides is 1.